The molecule has 1 amide bonds. The van der Waals surface area contributed by atoms with Gasteiger partial charge >= 0.3 is 12.1 Å². The monoisotopic (exact) mass is 430 g/mol. The third-order valence-electron chi connectivity index (χ3n) is 4.90. The molecule has 11 heteroatoms. The molecule has 0 bridgehead atoms. The van der Waals surface area contributed by atoms with Crippen molar-refractivity contribution >= 4 is 23.2 Å². The summed E-state index contributed by atoms with van der Waals surface area (Å²) in [4.78, 5) is 30.6. The zero-order chi connectivity index (χ0) is 21.2. The SMILES string of the molecule is Cn1cnc2c1C(C(=O)N1CCC1)CN(Cc1ccsc1)C2.O=C(O)C(F)(F)F. The van der Waals surface area contributed by atoms with Crippen molar-refractivity contribution < 1.29 is 27.9 Å². The normalized spacial score (nSPS) is 19.0. The minimum Gasteiger partial charge on any atom is -0.475 e. The fraction of sp³-hybridized carbons (Fsp3) is 0.500. The Morgan fingerprint density at radius 1 is 1.34 bits per heavy atom. The number of aryl methyl sites for hydroxylation is 1. The molecular weight excluding hydrogens is 409 g/mol. The maximum absolute atomic E-state index is 12.8. The van der Waals surface area contributed by atoms with E-state index < -0.39 is 12.1 Å². The Kier molecular flexibility index (Phi) is 6.27. The molecule has 0 aromatic carbocycles. The number of halogens is 3. The van der Waals surface area contributed by atoms with Crippen molar-refractivity contribution in [2.45, 2.75) is 31.6 Å². The molecular formula is C18H21F3N4O3S. The van der Waals surface area contributed by atoms with Crippen molar-refractivity contribution in [1.29, 1.82) is 0 Å². The van der Waals surface area contributed by atoms with Gasteiger partial charge in [-0.2, -0.15) is 24.5 Å². The topological polar surface area (TPSA) is 78.7 Å². The van der Waals surface area contributed by atoms with Gasteiger partial charge in [-0.15, -0.1) is 0 Å². The van der Waals surface area contributed by atoms with Crippen molar-refractivity contribution in [2.75, 3.05) is 19.6 Å². The fourth-order valence-corrected chi connectivity index (χ4v) is 4.05. The van der Waals surface area contributed by atoms with E-state index in [2.05, 4.69) is 26.7 Å². The molecule has 2 aromatic heterocycles. The average molecular weight is 430 g/mol. The number of carbonyl (C=O) groups excluding carboxylic acids is 1. The van der Waals surface area contributed by atoms with Crippen molar-refractivity contribution in [1.82, 2.24) is 19.4 Å². The molecule has 4 heterocycles. The molecule has 1 fully saturated rings. The number of rotatable bonds is 3. The second-order valence-corrected chi connectivity index (χ2v) is 7.80. The smallest absolute Gasteiger partial charge is 0.475 e. The van der Waals surface area contributed by atoms with Gasteiger partial charge in [0.25, 0.3) is 0 Å². The minimum absolute atomic E-state index is 0.0739. The lowest BCUT2D eigenvalue weighted by Gasteiger charge is -2.38. The number of hydrogen-bond donors (Lipinski definition) is 1. The maximum Gasteiger partial charge on any atom is 0.490 e. The fourth-order valence-electron chi connectivity index (χ4n) is 3.39. The lowest BCUT2D eigenvalue weighted by molar-refractivity contribution is -0.192. The van der Waals surface area contributed by atoms with E-state index in [1.165, 1.54) is 5.56 Å². The first-order valence-corrected chi connectivity index (χ1v) is 9.93. The largest absolute Gasteiger partial charge is 0.490 e. The van der Waals surface area contributed by atoms with Crippen molar-refractivity contribution in [3.05, 3.63) is 40.1 Å². The lowest BCUT2D eigenvalue weighted by Crippen LogP contribution is -2.48. The second-order valence-electron chi connectivity index (χ2n) is 7.02. The van der Waals surface area contributed by atoms with Gasteiger partial charge in [0.05, 0.1) is 23.6 Å². The predicted molar refractivity (Wildman–Crippen MR) is 99.3 cm³/mol. The molecule has 0 aliphatic carbocycles. The number of thiophene rings is 1. The van der Waals surface area contributed by atoms with E-state index >= 15 is 0 Å². The summed E-state index contributed by atoms with van der Waals surface area (Å²) in [5, 5.41) is 11.4. The molecule has 1 N–H and O–H groups in total. The van der Waals surface area contributed by atoms with Crippen LogP contribution < -0.4 is 0 Å². The van der Waals surface area contributed by atoms with E-state index in [0.29, 0.717) is 0 Å². The van der Waals surface area contributed by atoms with E-state index in [1.807, 2.05) is 22.8 Å². The van der Waals surface area contributed by atoms with Crippen LogP contribution in [0.3, 0.4) is 0 Å². The first-order valence-electron chi connectivity index (χ1n) is 8.99. The van der Waals surface area contributed by atoms with Crippen molar-refractivity contribution in [3.8, 4) is 0 Å². The number of carboxylic acid groups (broad SMARTS) is 1. The Morgan fingerprint density at radius 2 is 2.03 bits per heavy atom. The van der Waals surface area contributed by atoms with Crippen LogP contribution in [-0.4, -0.2) is 62.1 Å². The van der Waals surface area contributed by atoms with Gasteiger partial charge < -0.3 is 14.6 Å². The number of carboxylic acids is 1. The summed E-state index contributed by atoms with van der Waals surface area (Å²) in [6.07, 6.45) is -2.11. The molecule has 1 unspecified atom stereocenters. The first kappa shape index (κ1) is 21.3. The summed E-state index contributed by atoms with van der Waals surface area (Å²) in [6, 6.07) is 2.16. The van der Waals surface area contributed by atoms with Gasteiger partial charge in [0.2, 0.25) is 5.91 Å². The molecule has 29 heavy (non-hydrogen) atoms. The molecule has 2 aliphatic rings. The van der Waals surface area contributed by atoms with Gasteiger partial charge in [0.15, 0.2) is 0 Å². The van der Waals surface area contributed by atoms with Gasteiger partial charge in [0.1, 0.15) is 0 Å². The molecule has 158 valence electrons. The number of likely N-dealkylation sites (tertiary alicyclic amines) is 1. The predicted octanol–water partition coefficient (Wildman–Crippen LogP) is 2.45. The average Bonchev–Trinajstić information content (AvgIpc) is 3.22. The summed E-state index contributed by atoms with van der Waals surface area (Å²) < 4.78 is 33.8. The summed E-state index contributed by atoms with van der Waals surface area (Å²) in [7, 11) is 2.00. The van der Waals surface area contributed by atoms with E-state index in [-0.39, 0.29) is 11.8 Å². The molecule has 2 aromatic rings. The Hall–Kier alpha value is -2.40. The first-order chi connectivity index (χ1) is 13.7. The minimum atomic E-state index is -5.08. The number of aromatic nitrogens is 2. The number of alkyl halides is 3. The third kappa shape index (κ3) is 4.96. The number of imidazole rings is 1. The van der Waals surface area contributed by atoms with Crippen LogP contribution >= 0.6 is 11.3 Å². The van der Waals surface area contributed by atoms with Gasteiger partial charge in [-0.05, 0) is 28.8 Å². The van der Waals surface area contributed by atoms with Crippen molar-refractivity contribution in [3.63, 3.8) is 0 Å². The van der Waals surface area contributed by atoms with Crippen molar-refractivity contribution in [2.24, 2.45) is 7.05 Å². The van der Waals surface area contributed by atoms with E-state index in [4.69, 9.17) is 9.90 Å². The number of aliphatic carboxylic acids is 1. The summed E-state index contributed by atoms with van der Waals surface area (Å²) in [5.41, 5.74) is 3.49. The molecule has 4 rings (SSSR count). The molecule has 0 spiro atoms. The van der Waals surface area contributed by atoms with Crippen LogP contribution in [0.5, 0.6) is 0 Å². The zero-order valence-corrected chi connectivity index (χ0v) is 16.5. The highest BCUT2D eigenvalue weighted by atomic mass is 32.1. The molecule has 1 atom stereocenters. The van der Waals surface area contributed by atoms with Gasteiger partial charge in [0, 0.05) is 39.8 Å². The molecule has 0 radical (unpaired) electrons. The van der Waals surface area contributed by atoms with E-state index in [1.54, 1.807) is 11.3 Å². The van der Waals surface area contributed by atoms with Gasteiger partial charge in [-0.1, -0.05) is 0 Å². The highest BCUT2D eigenvalue weighted by Crippen LogP contribution is 2.31. The quantitative estimate of drug-likeness (QED) is 0.809. The summed E-state index contributed by atoms with van der Waals surface area (Å²) in [5.74, 6) is -2.56. The Balaban J connectivity index is 0.000000298. The molecule has 0 saturated carbocycles. The Morgan fingerprint density at radius 3 is 2.55 bits per heavy atom. The number of carbonyl (C=O) groups is 2. The standard InChI is InChI=1S/C16H20N4OS.C2HF3O2/c1-18-11-17-14-9-19(7-12-3-6-22-10-12)8-13(15(14)18)16(21)20-4-2-5-20;3-2(4,5)1(6)7/h3,6,10-11,13H,2,4-5,7-9H2,1H3;(H,6,7). The highest BCUT2D eigenvalue weighted by Gasteiger charge is 2.38. The molecule has 7 nitrogen and oxygen atoms in total. The van der Waals surface area contributed by atoms with Crippen LogP contribution in [0.2, 0.25) is 0 Å². The van der Waals surface area contributed by atoms with Crippen LogP contribution in [0.25, 0.3) is 0 Å². The van der Waals surface area contributed by atoms with Gasteiger partial charge in [-0.3, -0.25) is 9.69 Å². The lowest BCUT2D eigenvalue weighted by atomic mass is 9.95. The molecule has 1 saturated heterocycles. The van der Waals surface area contributed by atoms with Gasteiger partial charge in [-0.25, -0.2) is 9.78 Å². The Bertz CT molecular complexity index is 862. The van der Waals surface area contributed by atoms with Crippen LogP contribution in [0, 0.1) is 0 Å². The number of hydrogen-bond acceptors (Lipinski definition) is 5. The third-order valence-corrected chi connectivity index (χ3v) is 5.63. The number of amides is 1. The highest BCUT2D eigenvalue weighted by molar-refractivity contribution is 7.07. The van der Waals surface area contributed by atoms with Crippen LogP contribution in [-0.2, 0) is 29.7 Å². The van der Waals surface area contributed by atoms with E-state index in [0.717, 1.165) is 50.5 Å². The summed E-state index contributed by atoms with van der Waals surface area (Å²) in [6.45, 7) is 4.33. The second kappa shape index (κ2) is 8.54. The Labute approximate surface area is 169 Å². The number of fused-ring (bicyclic) bond motifs is 1. The number of nitrogens with zero attached hydrogens (tertiary/aromatic N) is 4. The van der Waals surface area contributed by atoms with E-state index in [9.17, 15) is 18.0 Å². The summed E-state index contributed by atoms with van der Waals surface area (Å²) >= 11 is 1.72. The van der Waals surface area contributed by atoms with Crippen LogP contribution in [0.4, 0.5) is 13.2 Å². The molecule has 2 aliphatic heterocycles. The zero-order valence-electron chi connectivity index (χ0n) is 15.7. The van der Waals surface area contributed by atoms with Crippen LogP contribution in [0.1, 0.15) is 29.3 Å². The van der Waals surface area contributed by atoms with Crippen LogP contribution in [0.15, 0.2) is 23.2 Å². The maximum atomic E-state index is 12.8.